The van der Waals surface area contributed by atoms with E-state index >= 15 is 0 Å². The average Bonchev–Trinajstić information content (AvgIpc) is 2.74. The maximum atomic E-state index is 6.19. The molecule has 0 spiro atoms. The van der Waals surface area contributed by atoms with E-state index < -0.39 is 0 Å². The van der Waals surface area contributed by atoms with Crippen molar-refractivity contribution in [3.05, 3.63) is 39.3 Å². The van der Waals surface area contributed by atoms with Crippen molar-refractivity contribution in [3.63, 3.8) is 0 Å². The van der Waals surface area contributed by atoms with Gasteiger partial charge in [-0.15, -0.1) is 11.3 Å². The Hall–Kier alpha value is -1.13. The first-order valence-corrected chi connectivity index (χ1v) is 6.19. The van der Waals surface area contributed by atoms with Gasteiger partial charge in [0.15, 0.2) is 0 Å². The molecule has 0 amide bonds. The topological polar surface area (TPSA) is 43.8 Å². The zero-order valence-electron chi connectivity index (χ0n) is 9.90. The number of nitrogens with zero attached hydrogens (tertiary/aromatic N) is 2. The molecular weight excluding hydrogens is 218 g/mol. The molecule has 0 aromatic carbocycles. The van der Waals surface area contributed by atoms with Gasteiger partial charge in [-0.3, -0.25) is 4.68 Å². The van der Waals surface area contributed by atoms with Crippen molar-refractivity contribution in [3.8, 4) is 0 Å². The van der Waals surface area contributed by atoms with Crippen molar-refractivity contribution >= 4 is 11.3 Å². The Balaban J connectivity index is 2.13. The molecule has 1 unspecified atom stereocenters. The van der Waals surface area contributed by atoms with Gasteiger partial charge in [0, 0.05) is 35.0 Å². The second-order valence-corrected chi connectivity index (χ2v) is 5.48. The van der Waals surface area contributed by atoms with Gasteiger partial charge in [-0.25, -0.2) is 0 Å². The minimum absolute atomic E-state index is 0.0773. The third-order valence-electron chi connectivity index (χ3n) is 2.65. The summed E-state index contributed by atoms with van der Waals surface area (Å²) in [6.07, 6.45) is 0.845. The van der Waals surface area contributed by atoms with Gasteiger partial charge in [0.25, 0.3) is 0 Å². The highest BCUT2D eigenvalue weighted by Gasteiger charge is 2.12. The molecule has 86 valence electrons. The van der Waals surface area contributed by atoms with Crippen LogP contribution in [0.3, 0.4) is 0 Å². The molecule has 0 fully saturated rings. The largest absolute Gasteiger partial charge is 0.323 e. The molecule has 2 N–H and O–H groups in total. The van der Waals surface area contributed by atoms with E-state index in [1.807, 2.05) is 18.7 Å². The molecule has 0 bridgehead atoms. The molecule has 0 saturated carbocycles. The van der Waals surface area contributed by atoms with Crippen molar-refractivity contribution < 1.29 is 0 Å². The molecule has 3 nitrogen and oxygen atoms in total. The van der Waals surface area contributed by atoms with Crippen LogP contribution in [-0.4, -0.2) is 9.78 Å². The predicted octanol–water partition coefficient (Wildman–Crippen LogP) is 2.34. The fraction of sp³-hybridized carbons (Fsp3) is 0.417. The highest BCUT2D eigenvalue weighted by molar-refractivity contribution is 7.12. The molecule has 0 aliphatic carbocycles. The van der Waals surface area contributed by atoms with Crippen molar-refractivity contribution in [2.75, 3.05) is 0 Å². The van der Waals surface area contributed by atoms with Crippen LogP contribution in [0.25, 0.3) is 0 Å². The van der Waals surface area contributed by atoms with Gasteiger partial charge in [0.2, 0.25) is 0 Å². The van der Waals surface area contributed by atoms with Crippen LogP contribution >= 0.6 is 11.3 Å². The molecule has 0 radical (unpaired) electrons. The minimum atomic E-state index is 0.0773. The summed E-state index contributed by atoms with van der Waals surface area (Å²) in [4.78, 5) is 2.56. The summed E-state index contributed by atoms with van der Waals surface area (Å²) in [6.45, 7) is 4.11. The fourth-order valence-corrected chi connectivity index (χ4v) is 2.71. The number of nitrogens with two attached hydrogens (primary N) is 1. The molecule has 16 heavy (non-hydrogen) atoms. The van der Waals surface area contributed by atoms with E-state index in [9.17, 15) is 0 Å². The number of rotatable bonds is 3. The standard InChI is InChI=1S/C12H17N3S/c1-8-6-10(15(3)14-8)7-11(13)12-5-4-9(2)16-12/h4-6,11H,7,13H2,1-3H3. The van der Waals surface area contributed by atoms with Crippen LogP contribution in [0.5, 0.6) is 0 Å². The summed E-state index contributed by atoms with van der Waals surface area (Å²) in [7, 11) is 1.97. The van der Waals surface area contributed by atoms with Gasteiger partial charge in [0.05, 0.1) is 5.69 Å². The number of hydrogen-bond donors (Lipinski definition) is 1. The van der Waals surface area contributed by atoms with Crippen LogP contribution in [0.2, 0.25) is 0 Å². The van der Waals surface area contributed by atoms with Crippen LogP contribution in [0.1, 0.15) is 27.2 Å². The lowest BCUT2D eigenvalue weighted by Crippen LogP contribution is -2.14. The lowest BCUT2D eigenvalue weighted by molar-refractivity contribution is 0.646. The first-order valence-electron chi connectivity index (χ1n) is 5.37. The normalized spacial score (nSPS) is 13.0. The second kappa shape index (κ2) is 4.39. The monoisotopic (exact) mass is 235 g/mol. The number of thiophene rings is 1. The highest BCUT2D eigenvalue weighted by Crippen LogP contribution is 2.23. The number of aromatic nitrogens is 2. The first kappa shape index (κ1) is 11.4. The number of hydrogen-bond acceptors (Lipinski definition) is 3. The third kappa shape index (κ3) is 2.33. The highest BCUT2D eigenvalue weighted by atomic mass is 32.1. The summed E-state index contributed by atoms with van der Waals surface area (Å²) >= 11 is 1.77. The van der Waals surface area contributed by atoms with Gasteiger partial charge in [-0.2, -0.15) is 5.10 Å². The predicted molar refractivity (Wildman–Crippen MR) is 67.6 cm³/mol. The molecule has 0 aliphatic rings. The van der Waals surface area contributed by atoms with E-state index in [4.69, 9.17) is 5.73 Å². The maximum absolute atomic E-state index is 6.19. The Kier molecular flexibility index (Phi) is 3.12. The van der Waals surface area contributed by atoms with Crippen molar-refractivity contribution in [2.24, 2.45) is 12.8 Å². The molecule has 2 rings (SSSR count). The Morgan fingerprint density at radius 1 is 1.44 bits per heavy atom. The summed E-state index contributed by atoms with van der Waals surface area (Å²) in [5, 5.41) is 4.33. The number of aryl methyl sites for hydroxylation is 3. The van der Waals surface area contributed by atoms with Gasteiger partial charge in [-0.1, -0.05) is 0 Å². The van der Waals surface area contributed by atoms with Crippen molar-refractivity contribution in [2.45, 2.75) is 26.3 Å². The Morgan fingerprint density at radius 2 is 2.19 bits per heavy atom. The summed E-state index contributed by atoms with van der Waals surface area (Å²) < 4.78 is 1.91. The molecule has 4 heteroatoms. The van der Waals surface area contributed by atoms with Gasteiger partial charge < -0.3 is 5.73 Å². The van der Waals surface area contributed by atoms with Crippen LogP contribution in [0.15, 0.2) is 18.2 Å². The first-order chi connectivity index (χ1) is 7.56. The molecule has 2 heterocycles. The van der Waals surface area contributed by atoms with Crippen molar-refractivity contribution in [1.29, 1.82) is 0 Å². The fourth-order valence-electron chi connectivity index (χ4n) is 1.83. The van der Waals surface area contributed by atoms with E-state index in [2.05, 4.69) is 30.2 Å². The molecule has 2 aromatic heterocycles. The van der Waals surface area contributed by atoms with E-state index in [1.54, 1.807) is 11.3 Å². The molecule has 0 aliphatic heterocycles. The summed E-state index contributed by atoms with van der Waals surface area (Å²) in [5.41, 5.74) is 8.43. The maximum Gasteiger partial charge on any atom is 0.0596 e. The minimum Gasteiger partial charge on any atom is -0.323 e. The lowest BCUT2D eigenvalue weighted by atomic mass is 10.1. The van der Waals surface area contributed by atoms with Gasteiger partial charge >= 0.3 is 0 Å². The van der Waals surface area contributed by atoms with Gasteiger partial charge in [-0.05, 0) is 32.0 Å². The van der Waals surface area contributed by atoms with E-state index in [0.717, 1.165) is 12.1 Å². The van der Waals surface area contributed by atoms with Crippen LogP contribution < -0.4 is 5.73 Å². The second-order valence-electron chi connectivity index (χ2n) is 4.16. The van der Waals surface area contributed by atoms with Crippen molar-refractivity contribution in [1.82, 2.24) is 9.78 Å². The Morgan fingerprint density at radius 3 is 2.69 bits per heavy atom. The van der Waals surface area contributed by atoms with Crippen LogP contribution in [0.4, 0.5) is 0 Å². The third-order valence-corrected chi connectivity index (χ3v) is 3.79. The van der Waals surface area contributed by atoms with E-state index in [1.165, 1.54) is 15.4 Å². The van der Waals surface area contributed by atoms with Crippen LogP contribution in [-0.2, 0) is 13.5 Å². The smallest absolute Gasteiger partial charge is 0.0596 e. The average molecular weight is 235 g/mol. The Bertz CT molecular complexity index is 484. The van der Waals surface area contributed by atoms with Gasteiger partial charge in [0.1, 0.15) is 0 Å². The molecular formula is C12H17N3S. The summed E-state index contributed by atoms with van der Waals surface area (Å²) in [5.74, 6) is 0. The molecule has 2 aromatic rings. The zero-order valence-corrected chi connectivity index (χ0v) is 10.7. The SMILES string of the molecule is Cc1cc(CC(N)c2ccc(C)s2)n(C)n1. The Labute approximate surface area is 99.9 Å². The molecule has 1 atom stereocenters. The lowest BCUT2D eigenvalue weighted by Gasteiger charge is -2.09. The molecule has 0 saturated heterocycles. The quantitative estimate of drug-likeness (QED) is 0.887. The van der Waals surface area contributed by atoms with E-state index in [-0.39, 0.29) is 6.04 Å². The van der Waals surface area contributed by atoms with E-state index in [0.29, 0.717) is 0 Å². The zero-order chi connectivity index (χ0) is 11.7. The van der Waals surface area contributed by atoms with Crippen LogP contribution in [0, 0.1) is 13.8 Å². The summed E-state index contributed by atoms with van der Waals surface area (Å²) in [6, 6.07) is 6.41.